The van der Waals surface area contributed by atoms with Crippen molar-refractivity contribution in [2.45, 2.75) is 39.3 Å². The van der Waals surface area contributed by atoms with Gasteiger partial charge in [-0.15, -0.1) is 10.2 Å². The van der Waals surface area contributed by atoms with E-state index in [1.807, 2.05) is 19.9 Å². The van der Waals surface area contributed by atoms with Crippen LogP contribution < -0.4 is 15.8 Å². The molecule has 0 bridgehead atoms. The minimum atomic E-state index is -0.651. The third kappa shape index (κ3) is 4.27. The molecule has 3 N–H and O–H groups in total. The third-order valence-corrected chi connectivity index (χ3v) is 5.66. The number of rotatable bonds is 7. The molecule has 3 heterocycles. The number of halogens is 1. The minimum Gasteiger partial charge on any atom is -0.475 e. The lowest BCUT2D eigenvalue weighted by Crippen LogP contribution is -2.16. The lowest BCUT2D eigenvalue weighted by Gasteiger charge is -2.15. The molecule has 0 spiro atoms. The van der Waals surface area contributed by atoms with Gasteiger partial charge in [-0.1, -0.05) is 17.4 Å². The van der Waals surface area contributed by atoms with E-state index in [-0.39, 0.29) is 17.6 Å². The predicted octanol–water partition coefficient (Wildman–Crippen LogP) is 2.77. The van der Waals surface area contributed by atoms with Crippen LogP contribution in [0.25, 0.3) is 0 Å². The SMILES string of the molecule is CC1=NC([C@H]2C[C@@H]2COc2nc(N)nc(NCc3nnc(C)s3)c2F)CC=C1. The molecule has 3 atom stereocenters. The smallest absolute Gasteiger partial charge is 0.257 e. The molecule has 8 nitrogen and oxygen atoms in total. The summed E-state index contributed by atoms with van der Waals surface area (Å²) in [6.45, 7) is 4.56. The van der Waals surface area contributed by atoms with Crippen molar-refractivity contribution in [1.29, 1.82) is 0 Å². The van der Waals surface area contributed by atoms with Gasteiger partial charge in [0.05, 0.1) is 19.2 Å². The Morgan fingerprint density at radius 3 is 2.93 bits per heavy atom. The lowest BCUT2D eigenvalue weighted by molar-refractivity contribution is 0.263. The fraction of sp³-hybridized carbons (Fsp3) is 0.500. The van der Waals surface area contributed by atoms with Gasteiger partial charge in [-0.2, -0.15) is 14.4 Å². The minimum absolute atomic E-state index is 0.000317. The van der Waals surface area contributed by atoms with E-state index in [2.05, 4.69) is 36.6 Å². The summed E-state index contributed by atoms with van der Waals surface area (Å²) in [6, 6.07) is 0.298. The highest BCUT2D eigenvalue weighted by molar-refractivity contribution is 7.11. The highest BCUT2D eigenvalue weighted by atomic mass is 32.1. The number of aliphatic imine (C=N–C) groups is 1. The van der Waals surface area contributed by atoms with Crippen LogP contribution in [0.15, 0.2) is 17.1 Å². The van der Waals surface area contributed by atoms with Crippen molar-refractivity contribution in [3.8, 4) is 5.88 Å². The fourth-order valence-corrected chi connectivity index (χ4v) is 4.00. The van der Waals surface area contributed by atoms with Gasteiger partial charge in [-0.3, -0.25) is 4.99 Å². The summed E-state index contributed by atoms with van der Waals surface area (Å²) in [4.78, 5) is 12.5. The molecule has 28 heavy (non-hydrogen) atoms. The predicted molar refractivity (Wildman–Crippen MR) is 106 cm³/mol. The molecule has 0 aromatic carbocycles. The number of hydrogen-bond donors (Lipinski definition) is 2. The van der Waals surface area contributed by atoms with Gasteiger partial charge >= 0.3 is 0 Å². The van der Waals surface area contributed by atoms with Crippen molar-refractivity contribution >= 4 is 28.8 Å². The van der Waals surface area contributed by atoms with Crippen LogP contribution in [0.2, 0.25) is 0 Å². The van der Waals surface area contributed by atoms with E-state index in [0.717, 1.165) is 28.6 Å². The molecule has 2 aliphatic rings. The van der Waals surface area contributed by atoms with Gasteiger partial charge < -0.3 is 15.8 Å². The second kappa shape index (κ2) is 7.78. The molecule has 0 amide bonds. The number of hydrogen-bond acceptors (Lipinski definition) is 9. The van der Waals surface area contributed by atoms with Crippen molar-refractivity contribution in [2.75, 3.05) is 17.7 Å². The van der Waals surface area contributed by atoms with Crippen molar-refractivity contribution < 1.29 is 9.13 Å². The first-order valence-corrected chi connectivity index (χ1v) is 10.0. The van der Waals surface area contributed by atoms with E-state index >= 15 is 0 Å². The zero-order valence-electron chi connectivity index (χ0n) is 15.7. The molecule has 2 aromatic rings. The second-order valence-corrected chi connectivity index (χ2v) is 8.33. The van der Waals surface area contributed by atoms with Crippen LogP contribution in [-0.2, 0) is 6.54 Å². The summed E-state index contributed by atoms with van der Waals surface area (Å²) in [5, 5.41) is 12.4. The van der Waals surface area contributed by atoms with E-state index in [9.17, 15) is 4.39 Å². The first kappa shape index (κ1) is 18.7. The molecular weight excluding hydrogens is 381 g/mol. The molecule has 1 fully saturated rings. The van der Waals surface area contributed by atoms with Gasteiger partial charge in [0.1, 0.15) is 10.0 Å². The van der Waals surface area contributed by atoms with Crippen molar-refractivity contribution in [1.82, 2.24) is 20.2 Å². The van der Waals surface area contributed by atoms with Gasteiger partial charge in [0.25, 0.3) is 5.88 Å². The maximum Gasteiger partial charge on any atom is 0.257 e. The molecule has 1 aliphatic heterocycles. The second-order valence-electron chi connectivity index (χ2n) is 7.06. The molecule has 4 rings (SSSR count). The fourth-order valence-electron chi connectivity index (χ4n) is 3.35. The normalized spacial score (nSPS) is 23.4. The van der Waals surface area contributed by atoms with Crippen LogP contribution in [0.5, 0.6) is 5.88 Å². The van der Waals surface area contributed by atoms with Crippen molar-refractivity contribution in [3.63, 3.8) is 0 Å². The Kier molecular flexibility index (Phi) is 5.21. The van der Waals surface area contributed by atoms with E-state index in [1.165, 1.54) is 11.3 Å². The van der Waals surface area contributed by atoms with Gasteiger partial charge in [-0.25, -0.2) is 0 Å². The largest absolute Gasteiger partial charge is 0.475 e. The number of anilines is 2. The van der Waals surface area contributed by atoms with E-state index < -0.39 is 5.82 Å². The van der Waals surface area contributed by atoms with Crippen molar-refractivity contribution in [3.05, 3.63) is 28.0 Å². The van der Waals surface area contributed by atoms with E-state index in [0.29, 0.717) is 31.0 Å². The van der Waals surface area contributed by atoms with Gasteiger partial charge in [0, 0.05) is 5.71 Å². The first-order chi connectivity index (χ1) is 13.5. The summed E-state index contributed by atoms with van der Waals surface area (Å²) in [5.74, 6) is 0.00176. The average Bonchev–Trinajstić information content (AvgIpc) is 3.33. The highest BCUT2D eigenvalue weighted by Crippen LogP contribution is 2.44. The first-order valence-electron chi connectivity index (χ1n) is 9.19. The summed E-state index contributed by atoms with van der Waals surface area (Å²) in [5.41, 5.74) is 6.78. The maximum atomic E-state index is 14.7. The number of allylic oxidation sites excluding steroid dienone is 1. The lowest BCUT2D eigenvalue weighted by atomic mass is 10.0. The Morgan fingerprint density at radius 1 is 1.32 bits per heavy atom. The topological polar surface area (TPSA) is 111 Å². The van der Waals surface area contributed by atoms with E-state index in [1.54, 1.807) is 0 Å². The van der Waals surface area contributed by atoms with Crippen LogP contribution in [0.3, 0.4) is 0 Å². The summed E-state index contributed by atoms with van der Waals surface area (Å²) >= 11 is 1.43. The number of ether oxygens (including phenoxy) is 1. The van der Waals surface area contributed by atoms with Crippen LogP contribution in [0.4, 0.5) is 16.2 Å². The monoisotopic (exact) mass is 403 g/mol. The third-order valence-electron chi connectivity index (χ3n) is 4.82. The van der Waals surface area contributed by atoms with Crippen LogP contribution in [-0.4, -0.2) is 38.5 Å². The number of nitrogen functional groups attached to an aromatic ring is 1. The summed E-state index contributed by atoms with van der Waals surface area (Å²) < 4.78 is 20.4. The number of dihydropyridines is 1. The Morgan fingerprint density at radius 2 is 2.18 bits per heavy atom. The molecule has 0 saturated heterocycles. The maximum absolute atomic E-state index is 14.7. The molecule has 1 saturated carbocycles. The highest BCUT2D eigenvalue weighted by Gasteiger charge is 2.43. The Labute approximate surface area is 166 Å². The quantitative estimate of drug-likeness (QED) is 0.731. The Hall–Kier alpha value is -2.62. The molecule has 1 aliphatic carbocycles. The number of nitrogens with two attached hydrogens (primary N) is 1. The Balaban J connectivity index is 1.36. The standard InChI is InChI=1S/C18H22FN7OS/c1-9-4-3-5-13(22-9)12-6-11(12)8-27-17-15(19)16(23-18(20)24-17)21-7-14-26-25-10(2)28-14/h3-4,11-13H,5-8H2,1-2H3,(H3,20,21,23,24)/t11-,12+,13?/m1/s1. The Bertz CT molecular complexity index is 929. The molecule has 2 aromatic heterocycles. The molecule has 1 unspecified atom stereocenters. The van der Waals surface area contributed by atoms with Crippen molar-refractivity contribution in [2.24, 2.45) is 16.8 Å². The summed E-state index contributed by atoms with van der Waals surface area (Å²) in [7, 11) is 0. The number of nitrogens with zero attached hydrogens (tertiary/aromatic N) is 5. The molecular formula is C18H22FN7OS. The van der Waals surface area contributed by atoms with Gasteiger partial charge in [0.2, 0.25) is 11.8 Å². The van der Waals surface area contributed by atoms with Gasteiger partial charge in [0.15, 0.2) is 5.82 Å². The molecule has 10 heteroatoms. The number of nitrogens with one attached hydrogen (secondary N) is 1. The average molecular weight is 403 g/mol. The van der Waals surface area contributed by atoms with Gasteiger partial charge in [-0.05, 0) is 44.6 Å². The number of aromatic nitrogens is 4. The van der Waals surface area contributed by atoms with E-state index in [4.69, 9.17) is 10.5 Å². The molecule has 148 valence electrons. The molecule has 0 radical (unpaired) electrons. The van der Waals surface area contributed by atoms with Crippen LogP contribution >= 0.6 is 11.3 Å². The van der Waals surface area contributed by atoms with Crippen LogP contribution in [0, 0.1) is 24.6 Å². The summed E-state index contributed by atoms with van der Waals surface area (Å²) in [6.07, 6.45) is 6.18. The zero-order chi connectivity index (χ0) is 19.7. The zero-order valence-corrected chi connectivity index (χ0v) is 16.5. The van der Waals surface area contributed by atoms with Crippen LogP contribution in [0.1, 0.15) is 29.8 Å². The number of aryl methyl sites for hydroxylation is 1.